The van der Waals surface area contributed by atoms with Crippen LogP contribution in [0.3, 0.4) is 0 Å². The van der Waals surface area contributed by atoms with Crippen molar-refractivity contribution in [2.24, 2.45) is 10.9 Å². The highest BCUT2D eigenvalue weighted by Gasteiger charge is 2.22. The Balaban J connectivity index is 3.56. The molecule has 1 rings (SSSR count). The number of hydrogen-bond acceptors (Lipinski definition) is 5. The molecule has 3 N–H and O–H groups in total. The maximum Gasteiger partial charge on any atom is 0.315 e. The summed E-state index contributed by atoms with van der Waals surface area (Å²) < 4.78 is 0.516. The second-order valence-electron chi connectivity index (χ2n) is 2.81. The normalized spacial score (nSPS) is 10.8. The molecule has 15 heavy (non-hydrogen) atoms. The van der Waals surface area contributed by atoms with Crippen molar-refractivity contribution in [1.82, 2.24) is 0 Å². The first-order chi connectivity index (χ1) is 6.99. The van der Waals surface area contributed by atoms with Crippen LogP contribution in [-0.4, -0.2) is 16.2 Å². The van der Waals surface area contributed by atoms with Crippen LogP contribution in [0.15, 0.2) is 15.6 Å². The van der Waals surface area contributed by atoms with Crippen LogP contribution in [0.25, 0.3) is 0 Å². The predicted molar refractivity (Wildman–Crippen MR) is 59.0 cm³/mol. The molecule has 0 unspecified atom stereocenters. The molecule has 7 heteroatoms. The molecule has 1 aromatic carbocycles. The Bertz CT molecular complexity index is 445. The smallest absolute Gasteiger partial charge is 0.315 e. The van der Waals surface area contributed by atoms with Gasteiger partial charge in [0.1, 0.15) is 0 Å². The Morgan fingerprint density at radius 2 is 2.33 bits per heavy atom. The zero-order chi connectivity index (χ0) is 11.6. The molecule has 1 aromatic rings. The number of nitrogens with two attached hydrogens (primary N) is 1. The fraction of sp³-hybridized carbons (Fsp3) is 0.125. The van der Waals surface area contributed by atoms with Crippen molar-refractivity contribution in [2.45, 2.75) is 6.92 Å². The third-order valence-electron chi connectivity index (χ3n) is 1.89. The summed E-state index contributed by atoms with van der Waals surface area (Å²) in [6.07, 6.45) is 1.15. The molecule has 0 aliphatic heterocycles. The maximum atomic E-state index is 10.7. The van der Waals surface area contributed by atoms with Gasteiger partial charge in [0.05, 0.1) is 11.1 Å². The van der Waals surface area contributed by atoms with E-state index in [-0.39, 0.29) is 11.3 Å². The second kappa shape index (κ2) is 4.26. The minimum Gasteiger partial charge on any atom is -0.502 e. The number of benzene rings is 1. The van der Waals surface area contributed by atoms with Crippen molar-refractivity contribution in [3.63, 3.8) is 0 Å². The van der Waals surface area contributed by atoms with Gasteiger partial charge in [0.25, 0.3) is 0 Å². The molecule has 0 bridgehead atoms. The highest BCUT2D eigenvalue weighted by molar-refractivity contribution is 9.10. The van der Waals surface area contributed by atoms with Gasteiger partial charge in [-0.05, 0) is 13.0 Å². The summed E-state index contributed by atoms with van der Waals surface area (Å²) in [5, 5.41) is 23.5. The van der Waals surface area contributed by atoms with Crippen LogP contribution >= 0.6 is 15.9 Å². The quantitative estimate of drug-likeness (QED) is 0.370. The molecule has 0 aliphatic carbocycles. The SMILES string of the molecule is Cc1c(Br)cc(C=NN)c(O)c1[N+](=O)[O-]. The molecule has 6 nitrogen and oxygen atoms in total. The number of phenols is 1. The Kier molecular flexibility index (Phi) is 3.25. The fourth-order valence-electron chi connectivity index (χ4n) is 1.14. The molecule has 0 fully saturated rings. The topological polar surface area (TPSA) is 102 Å². The largest absolute Gasteiger partial charge is 0.502 e. The number of nitrogens with zero attached hydrogens (tertiary/aromatic N) is 2. The molecule has 0 amide bonds. The van der Waals surface area contributed by atoms with E-state index in [1.54, 1.807) is 0 Å². The van der Waals surface area contributed by atoms with E-state index in [1.165, 1.54) is 13.0 Å². The van der Waals surface area contributed by atoms with Crippen LogP contribution in [0.4, 0.5) is 5.69 Å². The molecular formula is C8H8BrN3O3. The van der Waals surface area contributed by atoms with Crippen LogP contribution < -0.4 is 5.84 Å². The van der Waals surface area contributed by atoms with Gasteiger partial charge in [-0.2, -0.15) is 5.10 Å². The van der Waals surface area contributed by atoms with Gasteiger partial charge in [0.2, 0.25) is 5.75 Å². The fourth-order valence-corrected chi connectivity index (χ4v) is 1.58. The Labute approximate surface area is 93.7 Å². The highest BCUT2D eigenvalue weighted by Crippen LogP contribution is 2.36. The van der Waals surface area contributed by atoms with Gasteiger partial charge in [-0.15, -0.1) is 0 Å². The van der Waals surface area contributed by atoms with E-state index in [2.05, 4.69) is 21.0 Å². The van der Waals surface area contributed by atoms with Gasteiger partial charge in [-0.1, -0.05) is 15.9 Å². The monoisotopic (exact) mass is 273 g/mol. The Morgan fingerprint density at radius 1 is 1.73 bits per heavy atom. The van der Waals surface area contributed by atoms with Crippen molar-refractivity contribution in [1.29, 1.82) is 0 Å². The van der Waals surface area contributed by atoms with Gasteiger partial charge in [0.15, 0.2) is 0 Å². The second-order valence-corrected chi connectivity index (χ2v) is 3.66. The zero-order valence-electron chi connectivity index (χ0n) is 7.77. The molecule has 0 aliphatic rings. The molecule has 0 heterocycles. The van der Waals surface area contributed by atoms with E-state index in [9.17, 15) is 15.2 Å². The summed E-state index contributed by atoms with van der Waals surface area (Å²) in [6, 6.07) is 1.51. The Morgan fingerprint density at radius 3 is 2.80 bits per heavy atom. The maximum absolute atomic E-state index is 10.7. The zero-order valence-corrected chi connectivity index (χ0v) is 9.35. The lowest BCUT2D eigenvalue weighted by atomic mass is 10.1. The Hall–Kier alpha value is -1.63. The summed E-state index contributed by atoms with van der Waals surface area (Å²) in [7, 11) is 0. The summed E-state index contributed by atoms with van der Waals surface area (Å²) in [5.41, 5.74) is 0.202. The number of phenolic OH excluding ortho intramolecular Hbond substituents is 1. The average molecular weight is 274 g/mol. The summed E-state index contributed by atoms with van der Waals surface area (Å²) in [5.74, 6) is 4.48. The number of halogens is 1. The summed E-state index contributed by atoms with van der Waals surface area (Å²) >= 11 is 3.15. The molecule has 0 radical (unpaired) electrons. The number of hydrazone groups is 1. The van der Waals surface area contributed by atoms with Gasteiger partial charge >= 0.3 is 5.69 Å². The predicted octanol–water partition coefficient (Wildman–Crippen LogP) is 1.66. The van der Waals surface area contributed by atoms with Crippen LogP contribution in [-0.2, 0) is 0 Å². The van der Waals surface area contributed by atoms with Crippen molar-refractivity contribution in [3.05, 3.63) is 31.8 Å². The number of aromatic hydroxyl groups is 1. The van der Waals surface area contributed by atoms with Gasteiger partial charge in [-0.25, -0.2) is 0 Å². The van der Waals surface area contributed by atoms with Crippen molar-refractivity contribution < 1.29 is 10.0 Å². The minimum atomic E-state index is -0.650. The highest BCUT2D eigenvalue weighted by atomic mass is 79.9. The van der Waals surface area contributed by atoms with Crippen molar-refractivity contribution >= 4 is 27.8 Å². The van der Waals surface area contributed by atoms with Crippen LogP contribution in [0.2, 0.25) is 0 Å². The first-order valence-electron chi connectivity index (χ1n) is 3.88. The van der Waals surface area contributed by atoms with Gasteiger partial charge in [0, 0.05) is 15.6 Å². The lowest BCUT2D eigenvalue weighted by Crippen LogP contribution is -1.97. The van der Waals surface area contributed by atoms with E-state index in [0.29, 0.717) is 10.0 Å². The summed E-state index contributed by atoms with van der Waals surface area (Å²) in [6.45, 7) is 1.53. The lowest BCUT2D eigenvalue weighted by molar-refractivity contribution is -0.386. The van der Waals surface area contributed by atoms with Crippen molar-refractivity contribution in [3.8, 4) is 5.75 Å². The van der Waals surface area contributed by atoms with Crippen molar-refractivity contribution in [2.75, 3.05) is 0 Å². The van der Waals surface area contributed by atoms with Gasteiger partial charge < -0.3 is 10.9 Å². The first kappa shape index (κ1) is 11.4. The number of hydrogen-bond donors (Lipinski definition) is 2. The average Bonchev–Trinajstić information content (AvgIpc) is 2.14. The van der Waals surface area contributed by atoms with E-state index < -0.39 is 10.7 Å². The van der Waals surface area contributed by atoms with Gasteiger partial charge in [-0.3, -0.25) is 10.1 Å². The molecule has 80 valence electrons. The van der Waals surface area contributed by atoms with Crippen LogP contribution in [0.5, 0.6) is 5.75 Å². The number of rotatable bonds is 2. The molecule has 0 saturated heterocycles. The molecule has 0 spiro atoms. The standard InChI is InChI=1S/C8H8BrN3O3/c1-4-6(9)2-5(3-11-10)8(13)7(4)12(14)15/h2-3,13H,10H2,1H3. The van der Waals surface area contributed by atoms with E-state index in [0.717, 1.165) is 6.21 Å². The third-order valence-corrected chi connectivity index (χ3v) is 2.71. The van der Waals surface area contributed by atoms with Crippen LogP contribution in [0.1, 0.15) is 11.1 Å². The first-order valence-corrected chi connectivity index (χ1v) is 4.68. The molecule has 0 saturated carbocycles. The number of nitro benzene ring substituents is 1. The van der Waals surface area contributed by atoms with Crippen LogP contribution in [0, 0.1) is 17.0 Å². The van der Waals surface area contributed by atoms with E-state index in [1.807, 2.05) is 0 Å². The molecular weight excluding hydrogens is 266 g/mol. The van der Waals surface area contributed by atoms with E-state index in [4.69, 9.17) is 5.84 Å². The third kappa shape index (κ3) is 2.07. The summed E-state index contributed by atoms with van der Waals surface area (Å²) in [4.78, 5) is 10.1. The number of nitro groups is 1. The van der Waals surface area contributed by atoms with E-state index >= 15 is 0 Å². The molecule has 0 atom stereocenters. The minimum absolute atomic E-state index is 0.196. The molecule has 0 aromatic heterocycles. The lowest BCUT2D eigenvalue weighted by Gasteiger charge is -2.05.